The molecule has 0 aliphatic heterocycles. The molecule has 0 heterocycles. The van der Waals surface area contributed by atoms with Gasteiger partial charge in [0.1, 0.15) is 0 Å². The molecule has 0 radical (unpaired) electrons. The fraction of sp³-hybridized carbons (Fsp3) is 0.263. The molecule has 0 saturated heterocycles. The van der Waals surface area contributed by atoms with Crippen molar-refractivity contribution < 1.29 is 14.3 Å². The normalized spacial score (nSPS) is 10.2. The van der Waals surface area contributed by atoms with Gasteiger partial charge in [-0.25, -0.2) is 0 Å². The quantitative estimate of drug-likeness (QED) is 0.732. The number of ether oxygens (including phenoxy) is 1. The molecular formula is C19H22N2O3. The molecule has 2 aromatic rings. The van der Waals surface area contributed by atoms with E-state index in [1.165, 1.54) is 0 Å². The number of carbonyl (C=O) groups is 2. The maximum atomic E-state index is 12.2. The summed E-state index contributed by atoms with van der Waals surface area (Å²) in [5.74, 6) is -0.392. The largest absolute Gasteiger partial charge is 0.385 e. The van der Waals surface area contributed by atoms with Gasteiger partial charge in [0, 0.05) is 37.9 Å². The van der Waals surface area contributed by atoms with Crippen molar-refractivity contribution in [2.24, 2.45) is 0 Å². The molecule has 0 unspecified atom stereocenters. The molecule has 0 fully saturated rings. The molecule has 0 saturated carbocycles. The number of carbonyl (C=O) groups excluding carboxylic acids is 2. The summed E-state index contributed by atoms with van der Waals surface area (Å²) in [6.07, 6.45) is 0.749. The zero-order chi connectivity index (χ0) is 17.2. The first-order valence-corrected chi connectivity index (χ1v) is 7.90. The molecular weight excluding hydrogens is 304 g/mol. The topological polar surface area (TPSA) is 67.4 Å². The molecule has 126 valence electrons. The maximum absolute atomic E-state index is 12.2. The number of benzene rings is 2. The van der Waals surface area contributed by atoms with E-state index in [1.807, 2.05) is 30.3 Å². The van der Waals surface area contributed by atoms with E-state index >= 15 is 0 Å². The van der Waals surface area contributed by atoms with Crippen LogP contribution in [0.2, 0.25) is 0 Å². The number of hydrogen-bond donors (Lipinski definition) is 2. The summed E-state index contributed by atoms with van der Waals surface area (Å²) in [7, 11) is 1.62. The lowest BCUT2D eigenvalue weighted by atomic mass is 10.1. The van der Waals surface area contributed by atoms with Crippen LogP contribution in [0.4, 0.5) is 0 Å². The third-order valence-corrected chi connectivity index (χ3v) is 3.49. The Morgan fingerprint density at radius 3 is 2.25 bits per heavy atom. The number of hydrogen-bond acceptors (Lipinski definition) is 3. The van der Waals surface area contributed by atoms with Crippen LogP contribution in [0.3, 0.4) is 0 Å². The standard InChI is InChI=1S/C19H22N2O3/c1-24-12-6-11-20-18(22)16-9-5-10-17(13-16)19(23)21-14-15-7-3-2-4-8-15/h2-5,7-10,13H,6,11-12,14H2,1H3,(H,20,22)(H,21,23). The Labute approximate surface area is 142 Å². The summed E-state index contributed by atoms with van der Waals surface area (Å²) in [6.45, 7) is 1.59. The van der Waals surface area contributed by atoms with Gasteiger partial charge >= 0.3 is 0 Å². The number of methoxy groups -OCH3 is 1. The Kier molecular flexibility index (Phi) is 6.98. The van der Waals surface area contributed by atoms with Crippen LogP contribution in [0.5, 0.6) is 0 Å². The summed E-state index contributed by atoms with van der Waals surface area (Å²) in [5, 5.41) is 5.66. The van der Waals surface area contributed by atoms with Gasteiger partial charge in [0.05, 0.1) is 0 Å². The highest BCUT2D eigenvalue weighted by Gasteiger charge is 2.10. The molecule has 5 nitrogen and oxygen atoms in total. The highest BCUT2D eigenvalue weighted by atomic mass is 16.5. The average molecular weight is 326 g/mol. The van der Waals surface area contributed by atoms with Crippen LogP contribution < -0.4 is 10.6 Å². The molecule has 0 bridgehead atoms. The van der Waals surface area contributed by atoms with Crippen LogP contribution in [0.15, 0.2) is 54.6 Å². The van der Waals surface area contributed by atoms with Crippen LogP contribution >= 0.6 is 0 Å². The van der Waals surface area contributed by atoms with Crippen molar-refractivity contribution >= 4 is 11.8 Å². The van der Waals surface area contributed by atoms with Gasteiger partial charge in [-0.15, -0.1) is 0 Å². The van der Waals surface area contributed by atoms with Gasteiger partial charge in [0.25, 0.3) is 11.8 Å². The van der Waals surface area contributed by atoms with Crippen molar-refractivity contribution in [3.05, 3.63) is 71.3 Å². The van der Waals surface area contributed by atoms with Crippen LogP contribution in [0.25, 0.3) is 0 Å². The second-order valence-electron chi connectivity index (χ2n) is 5.35. The van der Waals surface area contributed by atoms with Crippen LogP contribution in [0.1, 0.15) is 32.7 Å². The van der Waals surface area contributed by atoms with Gasteiger partial charge in [0.15, 0.2) is 0 Å². The molecule has 0 aliphatic rings. The molecule has 2 rings (SSSR count). The number of amides is 2. The lowest BCUT2D eigenvalue weighted by Gasteiger charge is -2.08. The van der Waals surface area contributed by atoms with E-state index in [2.05, 4.69) is 10.6 Å². The number of rotatable bonds is 8. The minimum absolute atomic E-state index is 0.191. The molecule has 2 aromatic carbocycles. The van der Waals surface area contributed by atoms with Gasteiger partial charge in [-0.1, -0.05) is 36.4 Å². The molecule has 2 amide bonds. The third-order valence-electron chi connectivity index (χ3n) is 3.49. The van der Waals surface area contributed by atoms with Crippen molar-refractivity contribution in [2.45, 2.75) is 13.0 Å². The first-order chi connectivity index (χ1) is 11.7. The van der Waals surface area contributed by atoms with E-state index in [0.717, 1.165) is 12.0 Å². The minimum atomic E-state index is -0.201. The predicted octanol–water partition coefficient (Wildman–Crippen LogP) is 2.38. The molecule has 0 spiro atoms. The monoisotopic (exact) mass is 326 g/mol. The van der Waals surface area contributed by atoms with Crippen molar-refractivity contribution in [1.82, 2.24) is 10.6 Å². The van der Waals surface area contributed by atoms with Crippen LogP contribution in [0, 0.1) is 0 Å². The summed E-state index contributed by atoms with van der Waals surface area (Å²) in [6, 6.07) is 16.4. The molecule has 5 heteroatoms. The van der Waals surface area contributed by atoms with Gasteiger partial charge in [0.2, 0.25) is 0 Å². The molecule has 24 heavy (non-hydrogen) atoms. The first-order valence-electron chi connectivity index (χ1n) is 7.90. The van der Waals surface area contributed by atoms with E-state index in [4.69, 9.17) is 4.74 Å². The fourth-order valence-corrected chi connectivity index (χ4v) is 2.20. The van der Waals surface area contributed by atoms with Crippen molar-refractivity contribution in [2.75, 3.05) is 20.3 Å². The minimum Gasteiger partial charge on any atom is -0.385 e. The Bertz CT molecular complexity index is 671. The third kappa shape index (κ3) is 5.52. The second-order valence-corrected chi connectivity index (χ2v) is 5.35. The Balaban J connectivity index is 1.91. The Hall–Kier alpha value is -2.66. The zero-order valence-electron chi connectivity index (χ0n) is 13.7. The Morgan fingerprint density at radius 2 is 1.58 bits per heavy atom. The van der Waals surface area contributed by atoms with E-state index < -0.39 is 0 Å². The van der Waals surface area contributed by atoms with Crippen molar-refractivity contribution in [3.63, 3.8) is 0 Å². The summed E-state index contributed by atoms with van der Waals surface area (Å²) < 4.78 is 4.94. The van der Waals surface area contributed by atoms with Crippen molar-refractivity contribution in [1.29, 1.82) is 0 Å². The Morgan fingerprint density at radius 1 is 0.917 bits per heavy atom. The van der Waals surface area contributed by atoms with Gasteiger partial charge in [-0.2, -0.15) is 0 Å². The van der Waals surface area contributed by atoms with E-state index in [-0.39, 0.29) is 11.8 Å². The summed E-state index contributed by atoms with van der Waals surface area (Å²) in [5.41, 5.74) is 1.97. The second kappa shape index (κ2) is 9.47. The zero-order valence-corrected chi connectivity index (χ0v) is 13.7. The summed E-state index contributed by atoms with van der Waals surface area (Å²) >= 11 is 0. The molecule has 0 atom stereocenters. The molecule has 0 aliphatic carbocycles. The average Bonchev–Trinajstić information content (AvgIpc) is 2.64. The van der Waals surface area contributed by atoms with Gasteiger partial charge in [-0.05, 0) is 30.2 Å². The predicted molar refractivity (Wildman–Crippen MR) is 92.9 cm³/mol. The number of nitrogens with one attached hydrogen (secondary N) is 2. The van der Waals surface area contributed by atoms with Crippen molar-refractivity contribution in [3.8, 4) is 0 Å². The van der Waals surface area contributed by atoms with E-state index in [9.17, 15) is 9.59 Å². The molecule has 2 N–H and O–H groups in total. The highest BCUT2D eigenvalue weighted by Crippen LogP contribution is 2.06. The lowest BCUT2D eigenvalue weighted by molar-refractivity contribution is 0.0948. The molecule has 0 aromatic heterocycles. The highest BCUT2D eigenvalue weighted by molar-refractivity contribution is 5.99. The first kappa shape index (κ1) is 17.7. The SMILES string of the molecule is COCCCNC(=O)c1cccc(C(=O)NCc2ccccc2)c1. The lowest BCUT2D eigenvalue weighted by Crippen LogP contribution is -2.26. The van der Waals surface area contributed by atoms with Gasteiger partial charge in [-0.3, -0.25) is 9.59 Å². The van der Waals surface area contributed by atoms with Gasteiger partial charge < -0.3 is 15.4 Å². The smallest absolute Gasteiger partial charge is 0.251 e. The van der Waals surface area contributed by atoms with Crippen LogP contribution in [-0.4, -0.2) is 32.1 Å². The van der Waals surface area contributed by atoms with E-state index in [0.29, 0.717) is 30.8 Å². The van der Waals surface area contributed by atoms with Crippen LogP contribution in [-0.2, 0) is 11.3 Å². The van der Waals surface area contributed by atoms with E-state index in [1.54, 1.807) is 31.4 Å². The summed E-state index contributed by atoms with van der Waals surface area (Å²) in [4.78, 5) is 24.3. The fourth-order valence-electron chi connectivity index (χ4n) is 2.20. The maximum Gasteiger partial charge on any atom is 0.251 e.